The van der Waals surface area contributed by atoms with Crippen molar-refractivity contribution in [2.45, 2.75) is 38.3 Å². The molecule has 2 saturated carbocycles. The van der Waals surface area contributed by atoms with Crippen molar-refractivity contribution in [2.75, 3.05) is 7.11 Å². The van der Waals surface area contributed by atoms with Crippen LogP contribution in [0.1, 0.15) is 41.6 Å². The Labute approximate surface area is 224 Å². The quantitative estimate of drug-likeness (QED) is 0.306. The van der Waals surface area contributed by atoms with Crippen LogP contribution in [-0.4, -0.2) is 34.7 Å². The van der Waals surface area contributed by atoms with Gasteiger partial charge in [0.05, 0.1) is 24.1 Å². The second kappa shape index (κ2) is 9.52. The molecule has 1 spiro atoms. The third kappa shape index (κ3) is 4.64. The lowest BCUT2D eigenvalue weighted by Crippen LogP contribution is -2.57. The van der Waals surface area contributed by atoms with E-state index in [0.29, 0.717) is 47.2 Å². The van der Waals surface area contributed by atoms with Gasteiger partial charge in [-0.05, 0) is 78.1 Å². The molecule has 39 heavy (non-hydrogen) atoms. The molecular formula is C31H28F2N2O4. The number of fused-ring (bicyclic) bond motifs is 1. The molecule has 2 N–H and O–H groups in total. The van der Waals surface area contributed by atoms with Crippen LogP contribution in [0.4, 0.5) is 8.78 Å². The number of hydrogen-bond donors (Lipinski definition) is 2. The number of nitrogens with one attached hydrogen (secondary N) is 1. The smallest absolute Gasteiger partial charge is 0.306 e. The predicted molar refractivity (Wildman–Crippen MR) is 143 cm³/mol. The van der Waals surface area contributed by atoms with E-state index in [4.69, 9.17) is 9.84 Å². The Bertz CT molecular complexity index is 1580. The minimum Gasteiger partial charge on any atom is -0.497 e. The summed E-state index contributed by atoms with van der Waals surface area (Å²) >= 11 is 0. The Kier molecular flexibility index (Phi) is 6.13. The molecule has 2 fully saturated rings. The number of ether oxygens (including phenoxy) is 1. The third-order valence-electron chi connectivity index (χ3n) is 8.27. The van der Waals surface area contributed by atoms with Crippen molar-refractivity contribution >= 4 is 22.8 Å². The van der Waals surface area contributed by atoms with Gasteiger partial charge in [-0.1, -0.05) is 24.3 Å². The van der Waals surface area contributed by atoms with Gasteiger partial charge in [0.15, 0.2) is 0 Å². The summed E-state index contributed by atoms with van der Waals surface area (Å²) in [5.41, 5.74) is 3.44. The van der Waals surface area contributed by atoms with Gasteiger partial charge >= 0.3 is 5.97 Å². The Morgan fingerprint density at radius 3 is 2.44 bits per heavy atom. The molecule has 0 radical (unpaired) electrons. The van der Waals surface area contributed by atoms with Crippen molar-refractivity contribution < 1.29 is 28.2 Å². The molecular weight excluding hydrogens is 502 g/mol. The number of carboxylic acids is 1. The molecule has 1 aromatic heterocycles. The Morgan fingerprint density at radius 1 is 1.00 bits per heavy atom. The molecule has 0 aliphatic heterocycles. The molecule has 2 aliphatic carbocycles. The van der Waals surface area contributed by atoms with E-state index < -0.39 is 11.8 Å². The summed E-state index contributed by atoms with van der Waals surface area (Å²) < 4.78 is 35.7. The van der Waals surface area contributed by atoms with Crippen LogP contribution in [-0.2, 0) is 11.3 Å². The van der Waals surface area contributed by atoms with Crippen LogP contribution < -0.4 is 10.1 Å². The summed E-state index contributed by atoms with van der Waals surface area (Å²) in [6.45, 7) is 0.420. The first-order valence-corrected chi connectivity index (χ1v) is 13.0. The van der Waals surface area contributed by atoms with E-state index in [0.717, 1.165) is 24.0 Å². The number of benzene rings is 3. The van der Waals surface area contributed by atoms with Crippen molar-refractivity contribution in [1.29, 1.82) is 0 Å². The summed E-state index contributed by atoms with van der Waals surface area (Å²) in [5, 5.41) is 12.6. The van der Waals surface area contributed by atoms with Crippen molar-refractivity contribution in [3.63, 3.8) is 0 Å². The summed E-state index contributed by atoms with van der Waals surface area (Å²) in [6, 6.07) is 16.7. The highest BCUT2D eigenvalue weighted by molar-refractivity contribution is 6.06. The number of hydrogen-bond acceptors (Lipinski definition) is 3. The highest BCUT2D eigenvalue weighted by Crippen LogP contribution is 2.58. The van der Waals surface area contributed by atoms with Crippen LogP contribution in [0.15, 0.2) is 66.9 Å². The number of carbonyl (C=O) groups excluding carboxylic acids is 1. The van der Waals surface area contributed by atoms with E-state index in [-0.39, 0.29) is 29.1 Å². The van der Waals surface area contributed by atoms with Crippen molar-refractivity contribution in [1.82, 2.24) is 9.88 Å². The van der Waals surface area contributed by atoms with Gasteiger partial charge in [-0.15, -0.1) is 0 Å². The average Bonchev–Trinajstić information content (AvgIpc) is 3.29. The van der Waals surface area contributed by atoms with E-state index in [1.165, 1.54) is 31.4 Å². The van der Waals surface area contributed by atoms with E-state index >= 15 is 0 Å². The van der Waals surface area contributed by atoms with Crippen LogP contribution in [0.3, 0.4) is 0 Å². The van der Waals surface area contributed by atoms with Gasteiger partial charge in [0.2, 0.25) is 0 Å². The number of aromatic nitrogens is 1. The molecule has 8 heteroatoms. The number of nitrogens with zero attached hydrogens (tertiary/aromatic N) is 1. The lowest BCUT2D eigenvalue weighted by molar-refractivity contribution is -0.155. The number of rotatable bonds is 7. The number of methoxy groups -OCH3 is 1. The molecule has 0 atom stereocenters. The lowest BCUT2D eigenvalue weighted by Gasteiger charge is -2.56. The number of halogens is 2. The highest BCUT2D eigenvalue weighted by Gasteiger charge is 2.55. The summed E-state index contributed by atoms with van der Waals surface area (Å²) in [6.07, 6.45) is 4.66. The Morgan fingerprint density at radius 2 is 1.74 bits per heavy atom. The van der Waals surface area contributed by atoms with Crippen LogP contribution in [0.2, 0.25) is 0 Å². The maximum absolute atomic E-state index is 14.7. The topological polar surface area (TPSA) is 80.6 Å². The molecule has 1 amide bonds. The fourth-order valence-corrected chi connectivity index (χ4v) is 6.30. The normalized spacial score (nSPS) is 21.8. The predicted octanol–water partition coefficient (Wildman–Crippen LogP) is 6.02. The number of aliphatic carboxylic acids is 1. The van der Waals surface area contributed by atoms with Crippen LogP contribution in [0.5, 0.6) is 5.75 Å². The molecule has 6 nitrogen and oxygen atoms in total. The zero-order valence-electron chi connectivity index (χ0n) is 21.4. The molecule has 4 aromatic rings. The van der Waals surface area contributed by atoms with Crippen LogP contribution in [0.25, 0.3) is 22.0 Å². The molecule has 1 heterocycles. The van der Waals surface area contributed by atoms with Gasteiger partial charge in [-0.25, -0.2) is 8.78 Å². The number of carbonyl (C=O) groups is 2. The van der Waals surface area contributed by atoms with E-state index in [1.54, 1.807) is 18.3 Å². The van der Waals surface area contributed by atoms with Gasteiger partial charge in [-0.3, -0.25) is 9.59 Å². The zero-order chi connectivity index (χ0) is 27.3. The summed E-state index contributed by atoms with van der Waals surface area (Å²) in [5.74, 6) is -1.61. The molecule has 200 valence electrons. The molecule has 2 aliphatic rings. The maximum Gasteiger partial charge on any atom is 0.306 e. The lowest BCUT2D eigenvalue weighted by atomic mass is 9.50. The van der Waals surface area contributed by atoms with Gasteiger partial charge < -0.3 is 19.7 Å². The maximum atomic E-state index is 14.7. The standard InChI is InChI=1S/C31H28F2N2O4/c1-39-24-11-20(10-22(32)12-24)19-4-2-18(3-5-19)17-35-9-8-25-27(33)7-6-26(28(25)35)29(36)34-23-15-31(16-23)13-21(14-31)30(37)38/h2-12,21,23H,13-17H2,1H3,(H,34,36)(H,37,38). The first kappa shape index (κ1) is 25.1. The molecule has 0 unspecified atom stereocenters. The fraction of sp³-hybridized carbons (Fsp3) is 0.290. The average molecular weight is 531 g/mol. The van der Waals surface area contributed by atoms with Crippen molar-refractivity contribution in [3.8, 4) is 16.9 Å². The van der Waals surface area contributed by atoms with Gasteiger partial charge in [0, 0.05) is 30.2 Å². The molecule has 3 aromatic carbocycles. The van der Waals surface area contributed by atoms with Crippen LogP contribution in [0, 0.1) is 23.0 Å². The monoisotopic (exact) mass is 530 g/mol. The van der Waals surface area contributed by atoms with E-state index in [2.05, 4.69) is 5.32 Å². The number of carboxylic acid groups (broad SMARTS) is 1. The second-order valence-electron chi connectivity index (χ2n) is 10.9. The van der Waals surface area contributed by atoms with Gasteiger partial charge in [-0.2, -0.15) is 0 Å². The Hall–Kier alpha value is -4.20. The first-order valence-electron chi connectivity index (χ1n) is 13.0. The summed E-state index contributed by atoms with van der Waals surface area (Å²) in [4.78, 5) is 24.4. The zero-order valence-corrected chi connectivity index (χ0v) is 21.4. The molecule has 6 rings (SSSR count). The largest absolute Gasteiger partial charge is 0.497 e. The van der Waals surface area contributed by atoms with Crippen molar-refractivity contribution in [2.24, 2.45) is 11.3 Å². The fourth-order valence-electron chi connectivity index (χ4n) is 6.30. The Balaban J connectivity index is 1.19. The van der Waals surface area contributed by atoms with Crippen molar-refractivity contribution in [3.05, 3.63) is 89.6 Å². The van der Waals surface area contributed by atoms with E-state index in [9.17, 15) is 18.4 Å². The third-order valence-corrected chi connectivity index (χ3v) is 8.27. The van der Waals surface area contributed by atoms with Crippen LogP contribution >= 0.6 is 0 Å². The minimum atomic E-state index is -0.744. The highest BCUT2D eigenvalue weighted by atomic mass is 19.1. The first-order chi connectivity index (χ1) is 18.7. The van der Waals surface area contributed by atoms with Gasteiger partial charge in [0.25, 0.3) is 5.91 Å². The van der Waals surface area contributed by atoms with E-state index in [1.807, 2.05) is 28.8 Å². The minimum absolute atomic E-state index is 0.00949. The summed E-state index contributed by atoms with van der Waals surface area (Å²) in [7, 11) is 1.49. The second-order valence-corrected chi connectivity index (χ2v) is 10.9. The number of amides is 1. The SMILES string of the molecule is COc1cc(F)cc(-c2ccc(Cn3ccc4c(F)ccc(C(=O)NC5CC6(C5)CC(C(=O)O)C6)c43)cc2)c1. The molecule has 0 bridgehead atoms. The van der Waals surface area contributed by atoms with Gasteiger partial charge in [0.1, 0.15) is 17.4 Å². The molecule has 0 saturated heterocycles.